The molecular weight excluding hydrogens is 391 g/mol. The molecule has 2 rings (SSSR count). The van der Waals surface area contributed by atoms with E-state index in [4.69, 9.17) is 10.5 Å². The lowest BCUT2D eigenvalue weighted by molar-refractivity contribution is 0.0202. The molecule has 1 aromatic rings. The summed E-state index contributed by atoms with van der Waals surface area (Å²) in [6.45, 7) is 8.28. The number of nitrogens with one attached hydrogen (secondary N) is 1. The molecule has 1 atom stereocenters. The highest BCUT2D eigenvalue weighted by Crippen LogP contribution is 2.49. The van der Waals surface area contributed by atoms with E-state index < -0.39 is 9.70 Å². The summed E-state index contributed by atoms with van der Waals surface area (Å²) in [6.07, 6.45) is 1.55. The minimum Gasteiger partial charge on any atom is -0.427 e. The molecule has 122 valence electrons. The lowest BCUT2D eigenvalue weighted by Crippen LogP contribution is -2.40. The maximum absolute atomic E-state index is 11.4. The van der Waals surface area contributed by atoms with Gasteiger partial charge in [0.25, 0.3) is 0 Å². The van der Waals surface area contributed by atoms with Gasteiger partial charge in [-0.1, -0.05) is 45.0 Å². The number of hydrogen-bond donors (Lipinski definition) is 2. The molecule has 1 saturated heterocycles. The number of amides is 1. The van der Waals surface area contributed by atoms with E-state index in [9.17, 15) is 4.79 Å². The van der Waals surface area contributed by atoms with Crippen molar-refractivity contribution in [1.29, 1.82) is 0 Å². The first-order chi connectivity index (χ1) is 10.2. The van der Waals surface area contributed by atoms with E-state index in [-0.39, 0.29) is 5.41 Å². The molecule has 3 N–H and O–H groups in total. The number of halogens is 1. The number of primary amides is 1. The van der Waals surface area contributed by atoms with Gasteiger partial charge in [0.15, 0.2) is 3.61 Å². The molecule has 0 spiro atoms. The van der Waals surface area contributed by atoms with Crippen molar-refractivity contribution in [2.24, 2.45) is 11.1 Å². The summed E-state index contributed by atoms with van der Waals surface area (Å²) < 4.78 is 4.77. The molecule has 1 unspecified atom stereocenters. The maximum Gasteiger partial charge on any atom is 0.406 e. The smallest absolute Gasteiger partial charge is 0.406 e. The van der Waals surface area contributed by atoms with Crippen LogP contribution < -0.4 is 11.1 Å². The van der Waals surface area contributed by atoms with E-state index in [1.54, 1.807) is 0 Å². The summed E-state index contributed by atoms with van der Waals surface area (Å²) in [6, 6.07) is 8.42. The van der Waals surface area contributed by atoms with Gasteiger partial charge in [-0.3, -0.25) is 0 Å². The Balaban J connectivity index is 2.38. The number of carbonyl (C=O) groups excluding carboxylic acids is 1. The van der Waals surface area contributed by atoms with Crippen LogP contribution in [0.25, 0.3) is 0 Å². The zero-order valence-electron chi connectivity index (χ0n) is 13.5. The quantitative estimate of drug-likeness (QED) is 0.581. The third-order valence-electron chi connectivity index (χ3n) is 4.27. The first kappa shape index (κ1) is 17.5. The summed E-state index contributed by atoms with van der Waals surface area (Å²) in [5, 5.41) is 3.39. The molecule has 1 aliphatic rings. The molecule has 0 bridgehead atoms. The van der Waals surface area contributed by atoms with Crippen LogP contribution in [0.15, 0.2) is 24.3 Å². The first-order valence-corrected chi connectivity index (χ1v) is 8.80. The largest absolute Gasteiger partial charge is 0.427 e. The Morgan fingerprint density at radius 3 is 2.50 bits per heavy atom. The maximum atomic E-state index is 11.4. The predicted octanol–water partition coefficient (Wildman–Crippen LogP) is 3.88. The van der Waals surface area contributed by atoms with Gasteiger partial charge in [-0.05, 0) is 60.0 Å². The molecule has 1 amide bonds. The molecule has 0 aromatic heterocycles. The number of alkyl halides is 1. The molecule has 0 saturated carbocycles. The molecule has 1 aliphatic heterocycles. The van der Waals surface area contributed by atoms with Crippen LogP contribution in [0, 0.1) is 5.41 Å². The molecule has 1 aromatic carbocycles. The number of rotatable bonds is 3. The Morgan fingerprint density at radius 2 is 1.95 bits per heavy atom. The van der Waals surface area contributed by atoms with Crippen LogP contribution >= 0.6 is 22.6 Å². The summed E-state index contributed by atoms with van der Waals surface area (Å²) >= 11 is 2.21. The van der Waals surface area contributed by atoms with Crippen molar-refractivity contribution < 1.29 is 9.53 Å². The zero-order valence-corrected chi connectivity index (χ0v) is 15.6. The van der Waals surface area contributed by atoms with Crippen molar-refractivity contribution >= 4 is 28.7 Å². The Labute approximate surface area is 146 Å². The van der Waals surface area contributed by atoms with Gasteiger partial charge in [0, 0.05) is 11.0 Å². The average Bonchev–Trinajstić information content (AvgIpc) is 2.46. The number of carbonyl (C=O) groups is 1. The van der Waals surface area contributed by atoms with Gasteiger partial charge in [0.05, 0.1) is 0 Å². The average molecular weight is 416 g/mol. The SMILES string of the molecule is CC(C)(C)C(I)(OC(N)=O)c1cccc(C2CCNCC2)c1. The Bertz CT molecular complexity index is 536. The molecule has 5 heteroatoms. The monoisotopic (exact) mass is 416 g/mol. The van der Waals surface area contributed by atoms with E-state index in [0.717, 1.165) is 31.5 Å². The number of ether oxygens (including phenoxy) is 1. The Morgan fingerprint density at radius 1 is 1.32 bits per heavy atom. The second kappa shape index (κ2) is 6.74. The Hall–Kier alpha value is -0.820. The van der Waals surface area contributed by atoms with Crippen molar-refractivity contribution in [2.75, 3.05) is 13.1 Å². The lowest BCUT2D eigenvalue weighted by Gasteiger charge is -2.39. The van der Waals surface area contributed by atoms with Crippen molar-refractivity contribution in [1.82, 2.24) is 5.32 Å². The third-order valence-corrected chi connectivity index (χ3v) is 6.74. The topological polar surface area (TPSA) is 64.3 Å². The molecule has 1 fully saturated rings. The van der Waals surface area contributed by atoms with Crippen LogP contribution in [0.3, 0.4) is 0 Å². The van der Waals surface area contributed by atoms with Crippen LogP contribution in [0.5, 0.6) is 0 Å². The molecule has 0 radical (unpaired) electrons. The molecule has 1 heterocycles. The fraction of sp³-hybridized carbons (Fsp3) is 0.588. The minimum atomic E-state index is -0.778. The van der Waals surface area contributed by atoms with Crippen molar-refractivity contribution in [2.45, 2.75) is 43.1 Å². The lowest BCUT2D eigenvalue weighted by atomic mass is 9.82. The summed E-state index contributed by atoms with van der Waals surface area (Å²) in [5.41, 5.74) is 7.36. The molecular formula is C17H25IN2O2. The van der Waals surface area contributed by atoms with Gasteiger partial charge in [-0.25, -0.2) is 4.79 Å². The van der Waals surface area contributed by atoms with Crippen LogP contribution in [0.4, 0.5) is 4.79 Å². The highest BCUT2D eigenvalue weighted by molar-refractivity contribution is 14.1. The van der Waals surface area contributed by atoms with E-state index in [2.05, 4.69) is 66.9 Å². The van der Waals surface area contributed by atoms with Crippen LogP contribution in [-0.4, -0.2) is 19.2 Å². The predicted molar refractivity (Wildman–Crippen MR) is 97.1 cm³/mol. The van der Waals surface area contributed by atoms with Gasteiger partial charge in [-0.2, -0.15) is 0 Å². The van der Waals surface area contributed by atoms with Crippen molar-refractivity contribution in [3.63, 3.8) is 0 Å². The summed E-state index contributed by atoms with van der Waals surface area (Å²) in [4.78, 5) is 11.4. The van der Waals surface area contributed by atoms with Gasteiger partial charge in [0.1, 0.15) is 0 Å². The van der Waals surface area contributed by atoms with Crippen molar-refractivity contribution in [3.8, 4) is 0 Å². The second-order valence-corrected chi connectivity index (χ2v) is 8.44. The highest BCUT2D eigenvalue weighted by atomic mass is 127. The first-order valence-electron chi connectivity index (χ1n) is 7.72. The summed E-state index contributed by atoms with van der Waals surface area (Å²) in [5.74, 6) is 0.565. The van der Waals surface area contributed by atoms with E-state index >= 15 is 0 Å². The van der Waals surface area contributed by atoms with Crippen LogP contribution in [0.2, 0.25) is 0 Å². The van der Waals surface area contributed by atoms with Crippen LogP contribution in [-0.2, 0) is 8.34 Å². The van der Waals surface area contributed by atoms with Gasteiger partial charge in [-0.15, -0.1) is 0 Å². The van der Waals surface area contributed by atoms with E-state index in [0.29, 0.717) is 5.92 Å². The standard InChI is InChI=1S/C17H25IN2O2/c1-16(2,3)17(18,22-15(19)21)14-6-4-5-13(11-14)12-7-9-20-10-8-12/h4-6,11-12,20H,7-10H2,1-3H3,(H2,19,21). The fourth-order valence-electron chi connectivity index (χ4n) is 2.93. The highest BCUT2D eigenvalue weighted by Gasteiger charge is 2.45. The third kappa shape index (κ3) is 3.74. The van der Waals surface area contributed by atoms with E-state index in [1.807, 2.05) is 6.07 Å². The number of benzene rings is 1. The van der Waals surface area contributed by atoms with Gasteiger partial charge >= 0.3 is 6.09 Å². The van der Waals surface area contributed by atoms with Gasteiger partial charge in [0.2, 0.25) is 0 Å². The van der Waals surface area contributed by atoms with Crippen LogP contribution in [0.1, 0.15) is 50.7 Å². The van der Waals surface area contributed by atoms with Gasteiger partial charge < -0.3 is 15.8 Å². The molecule has 4 nitrogen and oxygen atoms in total. The summed E-state index contributed by atoms with van der Waals surface area (Å²) in [7, 11) is 0. The number of nitrogens with two attached hydrogens (primary N) is 1. The molecule has 22 heavy (non-hydrogen) atoms. The second-order valence-electron chi connectivity index (χ2n) is 6.92. The minimum absolute atomic E-state index is 0.269. The number of hydrogen-bond acceptors (Lipinski definition) is 3. The Kier molecular flexibility index (Phi) is 5.37. The number of piperidine rings is 1. The zero-order chi connectivity index (χ0) is 16.4. The fourth-order valence-corrected chi connectivity index (χ4v) is 3.48. The van der Waals surface area contributed by atoms with Crippen molar-refractivity contribution in [3.05, 3.63) is 35.4 Å². The molecule has 0 aliphatic carbocycles. The van der Waals surface area contributed by atoms with E-state index in [1.165, 1.54) is 5.56 Å². The normalized spacial score (nSPS) is 19.5.